The van der Waals surface area contributed by atoms with E-state index in [1.54, 1.807) is 13.8 Å². The minimum absolute atomic E-state index is 0.0174. The van der Waals surface area contributed by atoms with Crippen LogP contribution in [-0.2, 0) is 14.1 Å². The largest absolute Gasteiger partial charge is 0.354 e. The molecular formula is C16H23FN5O4P. The van der Waals surface area contributed by atoms with Crippen molar-refractivity contribution in [3.63, 3.8) is 0 Å². The van der Waals surface area contributed by atoms with Gasteiger partial charge in [0.05, 0.1) is 12.4 Å². The summed E-state index contributed by atoms with van der Waals surface area (Å²) in [6, 6.07) is 0. The van der Waals surface area contributed by atoms with Crippen molar-refractivity contribution >= 4 is 31.8 Å². The van der Waals surface area contributed by atoms with Crippen LogP contribution in [0.15, 0.2) is 11.1 Å². The molecule has 148 valence electrons. The molecule has 9 nitrogen and oxygen atoms in total. The lowest BCUT2D eigenvalue weighted by Crippen LogP contribution is -2.29. The second-order valence-electron chi connectivity index (χ2n) is 6.59. The number of nitrogens with one attached hydrogen (secondary N) is 2. The van der Waals surface area contributed by atoms with Gasteiger partial charge in [-0.05, 0) is 13.1 Å². The monoisotopic (exact) mass is 399 g/mol. The highest BCUT2D eigenvalue weighted by Gasteiger charge is 2.46. The fraction of sp³-hybridized carbons (Fsp3) is 0.625. The fourth-order valence-electron chi connectivity index (χ4n) is 2.96. The number of fused-ring (bicyclic) bond motifs is 1. The maximum atomic E-state index is 15.0. The van der Waals surface area contributed by atoms with E-state index >= 15 is 4.39 Å². The molecule has 11 heteroatoms. The van der Waals surface area contributed by atoms with Crippen molar-refractivity contribution in [1.29, 1.82) is 0 Å². The van der Waals surface area contributed by atoms with Crippen LogP contribution in [0.3, 0.4) is 0 Å². The van der Waals surface area contributed by atoms with Gasteiger partial charge in [0, 0.05) is 14.7 Å². The second-order valence-corrected chi connectivity index (χ2v) is 7.23. The molecule has 1 fully saturated rings. The van der Waals surface area contributed by atoms with Gasteiger partial charge in [0.25, 0.3) is 5.56 Å². The first-order valence-corrected chi connectivity index (χ1v) is 10.2. The number of aromatic amines is 1. The van der Waals surface area contributed by atoms with Gasteiger partial charge in [0.15, 0.2) is 23.6 Å². The minimum Gasteiger partial charge on any atom is -0.354 e. The van der Waals surface area contributed by atoms with Crippen LogP contribution >= 0.6 is 8.81 Å². The van der Waals surface area contributed by atoms with Crippen molar-refractivity contribution in [2.75, 3.05) is 12.0 Å². The third kappa shape index (κ3) is 3.74. The average Bonchev–Trinajstić information content (AvgIpc) is 3.17. The summed E-state index contributed by atoms with van der Waals surface area (Å²) in [6.45, 7) is 7.15. The fourth-order valence-corrected chi connectivity index (χ4v) is 3.51. The number of alkyl halides is 1. The molecule has 2 unspecified atom stereocenters. The highest BCUT2D eigenvalue weighted by Crippen LogP contribution is 2.38. The Morgan fingerprint density at radius 1 is 1.56 bits per heavy atom. The van der Waals surface area contributed by atoms with Crippen molar-refractivity contribution in [3.05, 3.63) is 16.7 Å². The van der Waals surface area contributed by atoms with E-state index in [0.717, 1.165) is 0 Å². The number of ether oxygens (including phenoxy) is 1. The van der Waals surface area contributed by atoms with Crippen molar-refractivity contribution in [2.45, 2.75) is 51.8 Å². The van der Waals surface area contributed by atoms with Crippen LogP contribution in [0.25, 0.3) is 11.2 Å². The maximum absolute atomic E-state index is 15.0. The van der Waals surface area contributed by atoms with Crippen molar-refractivity contribution < 1.29 is 18.4 Å². The second kappa shape index (κ2) is 8.00. The van der Waals surface area contributed by atoms with Gasteiger partial charge >= 0.3 is 0 Å². The van der Waals surface area contributed by atoms with E-state index in [4.69, 9.17) is 9.26 Å². The van der Waals surface area contributed by atoms with E-state index in [1.807, 2.05) is 13.6 Å². The average molecular weight is 399 g/mol. The Morgan fingerprint density at radius 2 is 2.30 bits per heavy atom. The molecule has 1 aliphatic heterocycles. The maximum Gasteiger partial charge on any atom is 0.280 e. The summed E-state index contributed by atoms with van der Waals surface area (Å²) in [5.41, 5.74) is -0.343. The van der Waals surface area contributed by atoms with Gasteiger partial charge in [-0.2, -0.15) is 4.98 Å². The van der Waals surface area contributed by atoms with E-state index in [-0.39, 0.29) is 37.7 Å². The van der Waals surface area contributed by atoms with Crippen LogP contribution in [0.2, 0.25) is 0 Å². The molecule has 2 aromatic rings. The minimum atomic E-state index is -1.44. The number of hydrogen-bond acceptors (Lipinski definition) is 6. The standard InChI is InChI=1S/C16H23FN5O4P/c1-5-8-11(26-27-4)9(17)15(25-8)22-6-18-10-12(22)19-16(21-14(10)24)20-13(23)7(2)3/h6-9,11,15,27H,5H2,1-4H3,(H2,19,20,21,23,24)/t8-,9+,11?,15-/m1/s1. The third-order valence-electron chi connectivity index (χ3n) is 4.40. The molecule has 3 heterocycles. The molecule has 2 N–H and O–H groups in total. The van der Waals surface area contributed by atoms with E-state index in [1.165, 1.54) is 10.9 Å². The van der Waals surface area contributed by atoms with E-state index in [0.29, 0.717) is 6.42 Å². The van der Waals surface area contributed by atoms with E-state index in [2.05, 4.69) is 20.3 Å². The molecule has 3 rings (SSSR count). The molecule has 0 aliphatic carbocycles. The number of rotatable bonds is 6. The highest BCUT2D eigenvalue weighted by molar-refractivity contribution is 7.31. The van der Waals surface area contributed by atoms with Crippen LogP contribution in [0.5, 0.6) is 0 Å². The Balaban J connectivity index is 1.99. The molecule has 27 heavy (non-hydrogen) atoms. The first-order valence-electron chi connectivity index (χ1n) is 8.77. The van der Waals surface area contributed by atoms with Gasteiger partial charge in [-0.15, -0.1) is 0 Å². The molecule has 0 radical (unpaired) electrons. The number of halogens is 1. The Labute approximate surface area is 156 Å². The zero-order valence-corrected chi connectivity index (χ0v) is 16.5. The summed E-state index contributed by atoms with van der Waals surface area (Å²) in [4.78, 5) is 34.9. The Morgan fingerprint density at radius 3 is 2.93 bits per heavy atom. The first kappa shape index (κ1) is 19.9. The molecule has 0 aromatic carbocycles. The van der Waals surface area contributed by atoms with Gasteiger partial charge in [-0.1, -0.05) is 20.8 Å². The number of imidazole rings is 1. The quantitative estimate of drug-likeness (QED) is 0.719. The number of amides is 1. The lowest BCUT2D eigenvalue weighted by Gasteiger charge is -2.17. The molecule has 1 saturated heterocycles. The molecule has 1 amide bonds. The summed E-state index contributed by atoms with van der Waals surface area (Å²) in [7, 11) is 0.130. The molecule has 0 saturated carbocycles. The highest BCUT2D eigenvalue weighted by atomic mass is 31.1. The zero-order chi connectivity index (χ0) is 19.7. The summed E-state index contributed by atoms with van der Waals surface area (Å²) in [5.74, 6) is -0.605. The predicted molar refractivity (Wildman–Crippen MR) is 99.8 cm³/mol. The number of carbonyl (C=O) groups excluding carboxylic acids is 1. The summed E-state index contributed by atoms with van der Waals surface area (Å²) < 4.78 is 27.7. The number of nitrogens with zero attached hydrogens (tertiary/aromatic N) is 3. The van der Waals surface area contributed by atoms with Crippen LogP contribution in [0.1, 0.15) is 33.4 Å². The Bertz CT molecular complexity index is 885. The lowest BCUT2D eigenvalue weighted by molar-refractivity contribution is -0.118. The molecule has 0 bridgehead atoms. The third-order valence-corrected chi connectivity index (χ3v) is 4.90. The number of H-pyrrole nitrogens is 1. The van der Waals surface area contributed by atoms with Crippen molar-refractivity contribution in [2.24, 2.45) is 5.92 Å². The molecule has 0 spiro atoms. The Kier molecular flexibility index (Phi) is 5.88. The van der Waals surface area contributed by atoms with Gasteiger partial charge in [0.1, 0.15) is 6.10 Å². The smallest absolute Gasteiger partial charge is 0.280 e. The summed E-state index contributed by atoms with van der Waals surface area (Å²) >= 11 is 0. The van der Waals surface area contributed by atoms with Crippen molar-refractivity contribution in [3.8, 4) is 0 Å². The van der Waals surface area contributed by atoms with E-state index < -0.39 is 30.2 Å². The number of aromatic nitrogens is 4. The topological polar surface area (TPSA) is 111 Å². The van der Waals surface area contributed by atoms with Crippen LogP contribution in [-0.4, -0.2) is 50.5 Å². The van der Waals surface area contributed by atoms with E-state index in [9.17, 15) is 9.59 Å². The Hall–Kier alpha value is -1.90. The number of hydrogen-bond donors (Lipinski definition) is 2. The van der Waals surface area contributed by atoms with Crippen molar-refractivity contribution in [1.82, 2.24) is 19.5 Å². The molecule has 5 atom stereocenters. The van der Waals surface area contributed by atoms with Gasteiger partial charge in [-0.25, -0.2) is 9.37 Å². The van der Waals surface area contributed by atoms with Crippen LogP contribution in [0, 0.1) is 5.92 Å². The predicted octanol–water partition coefficient (Wildman–Crippen LogP) is 1.97. The zero-order valence-electron chi connectivity index (χ0n) is 15.5. The SMILES string of the molecule is CC[C@H]1O[C@@H](n2cnc3c(=O)[nH]c(NC(=O)C(C)C)nc32)[C@@H](F)C1OPC. The normalized spacial score (nSPS) is 25.9. The first-order chi connectivity index (χ1) is 12.9. The number of anilines is 1. The summed E-state index contributed by atoms with van der Waals surface area (Å²) in [5, 5.41) is 2.54. The number of carbonyl (C=O) groups is 1. The summed E-state index contributed by atoms with van der Waals surface area (Å²) in [6.07, 6.45) is -1.64. The lowest BCUT2D eigenvalue weighted by atomic mass is 10.1. The van der Waals surface area contributed by atoms with Gasteiger partial charge < -0.3 is 9.26 Å². The van der Waals surface area contributed by atoms with Gasteiger partial charge in [0.2, 0.25) is 11.9 Å². The van der Waals surface area contributed by atoms with Crippen LogP contribution < -0.4 is 10.9 Å². The van der Waals surface area contributed by atoms with Gasteiger partial charge in [-0.3, -0.25) is 24.5 Å². The molecule has 1 aliphatic rings. The van der Waals surface area contributed by atoms with Crippen LogP contribution in [0.4, 0.5) is 10.3 Å². The molecule has 2 aromatic heterocycles. The molecular weight excluding hydrogens is 376 g/mol.